The van der Waals surface area contributed by atoms with Crippen molar-refractivity contribution in [2.45, 2.75) is 24.7 Å². The van der Waals surface area contributed by atoms with Crippen molar-refractivity contribution in [1.82, 2.24) is 19.4 Å². The first-order chi connectivity index (χ1) is 14.7. The predicted molar refractivity (Wildman–Crippen MR) is 121 cm³/mol. The highest BCUT2D eigenvalue weighted by Crippen LogP contribution is 2.24. The summed E-state index contributed by atoms with van der Waals surface area (Å²) in [6.45, 7) is 2.42. The predicted octanol–water partition coefficient (Wildman–Crippen LogP) is 3.45. The maximum Gasteiger partial charge on any atom is 0.251 e. The van der Waals surface area contributed by atoms with Gasteiger partial charge in [-0.1, -0.05) is 29.8 Å². The number of sulfonamides is 1. The van der Waals surface area contributed by atoms with Gasteiger partial charge in [-0.2, -0.15) is 5.10 Å². The standard InChI is InChI=1S/C22H25ClN4O3S/c1-16-18(15-27(25-16)19-9-5-4-6-10-19)8-7-13-24-22(28)17-11-12-20(23)21(14-17)31(29,30)26(2)3/h4-6,9-12,14-15H,7-8,13H2,1-3H3,(H,24,28). The lowest BCUT2D eigenvalue weighted by Gasteiger charge is -2.14. The molecule has 1 heterocycles. The molecule has 0 aliphatic rings. The van der Waals surface area contributed by atoms with E-state index in [1.807, 2.05) is 48.1 Å². The number of aromatic nitrogens is 2. The average molecular weight is 461 g/mol. The summed E-state index contributed by atoms with van der Waals surface area (Å²) >= 11 is 6.04. The summed E-state index contributed by atoms with van der Waals surface area (Å²) in [7, 11) is -0.904. The number of amides is 1. The first-order valence-electron chi connectivity index (χ1n) is 9.81. The highest BCUT2D eigenvalue weighted by Gasteiger charge is 2.22. The van der Waals surface area contributed by atoms with Crippen LogP contribution < -0.4 is 5.32 Å². The Bertz CT molecular complexity index is 1170. The van der Waals surface area contributed by atoms with Gasteiger partial charge in [-0.15, -0.1) is 0 Å². The SMILES string of the molecule is Cc1nn(-c2ccccc2)cc1CCCNC(=O)c1ccc(Cl)c(S(=O)(=O)N(C)C)c1. The second-order valence-corrected chi connectivity index (χ2v) is 9.84. The van der Waals surface area contributed by atoms with Crippen LogP contribution in [0.15, 0.2) is 59.6 Å². The minimum Gasteiger partial charge on any atom is -0.352 e. The molecule has 3 aromatic rings. The molecule has 2 aromatic carbocycles. The van der Waals surface area contributed by atoms with Gasteiger partial charge in [0.2, 0.25) is 10.0 Å². The Balaban J connectivity index is 1.60. The van der Waals surface area contributed by atoms with Crippen LogP contribution >= 0.6 is 11.6 Å². The third kappa shape index (κ3) is 5.33. The Labute approximate surface area is 187 Å². The third-order valence-corrected chi connectivity index (χ3v) is 7.18. The maximum atomic E-state index is 12.5. The molecule has 0 unspecified atom stereocenters. The number of carbonyl (C=O) groups excluding carboxylic acids is 1. The van der Waals surface area contributed by atoms with E-state index in [4.69, 9.17) is 11.6 Å². The van der Waals surface area contributed by atoms with Gasteiger partial charge in [0.25, 0.3) is 5.91 Å². The summed E-state index contributed by atoms with van der Waals surface area (Å²) in [4.78, 5) is 12.4. The van der Waals surface area contributed by atoms with Crippen LogP contribution in [-0.4, -0.2) is 49.1 Å². The largest absolute Gasteiger partial charge is 0.352 e. The zero-order valence-corrected chi connectivity index (χ0v) is 19.2. The van der Waals surface area contributed by atoms with Crippen molar-refractivity contribution in [3.63, 3.8) is 0 Å². The Morgan fingerprint density at radius 2 is 1.87 bits per heavy atom. The molecule has 0 radical (unpaired) electrons. The quantitative estimate of drug-likeness (QED) is 0.522. The van der Waals surface area contributed by atoms with Crippen molar-refractivity contribution >= 4 is 27.5 Å². The molecule has 31 heavy (non-hydrogen) atoms. The van der Waals surface area contributed by atoms with Crippen LogP contribution in [0.25, 0.3) is 5.69 Å². The first-order valence-corrected chi connectivity index (χ1v) is 11.6. The molecule has 0 bridgehead atoms. The van der Waals surface area contributed by atoms with Gasteiger partial charge < -0.3 is 5.32 Å². The molecule has 1 aromatic heterocycles. The molecule has 0 saturated carbocycles. The fourth-order valence-corrected chi connectivity index (χ4v) is 4.47. The molecule has 0 fully saturated rings. The van der Waals surface area contributed by atoms with Gasteiger partial charge in [-0.05, 0) is 55.7 Å². The molecule has 0 atom stereocenters. The zero-order valence-electron chi connectivity index (χ0n) is 17.7. The van der Waals surface area contributed by atoms with Gasteiger partial charge in [0.15, 0.2) is 0 Å². The van der Waals surface area contributed by atoms with E-state index < -0.39 is 10.0 Å². The summed E-state index contributed by atoms with van der Waals surface area (Å²) in [6, 6.07) is 14.1. The van der Waals surface area contributed by atoms with Crippen molar-refractivity contribution in [3.8, 4) is 5.69 Å². The summed E-state index contributed by atoms with van der Waals surface area (Å²) in [6.07, 6.45) is 3.49. The smallest absolute Gasteiger partial charge is 0.251 e. The van der Waals surface area contributed by atoms with Crippen molar-refractivity contribution in [3.05, 3.63) is 76.6 Å². The van der Waals surface area contributed by atoms with Crippen LogP contribution in [0.2, 0.25) is 5.02 Å². The molecule has 164 valence electrons. The number of halogens is 1. The van der Waals surface area contributed by atoms with Gasteiger partial charge in [0.05, 0.1) is 16.4 Å². The van der Waals surface area contributed by atoms with Crippen molar-refractivity contribution in [2.75, 3.05) is 20.6 Å². The summed E-state index contributed by atoms with van der Waals surface area (Å²) in [5.41, 5.74) is 3.31. The minimum atomic E-state index is -3.74. The molecule has 0 saturated heterocycles. The van der Waals surface area contributed by atoms with Crippen molar-refractivity contribution in [2.24, 2.45) is 0 Å². The molecule has 1 N–H and O–H groups in total. The van der Waals surface area contributed by atoms with Crippen LogP contribution in [0.5, 0.6) is 0 Å². The molecule has 0 spiro atoms. The number of nitrogens with one attached hydrogen (secondary N) is 1. The van der Waals surface area contributed by atoms with E-state index in [2.05, 4.69) is 10.4 Å². The molecular weight excluding hydrogens is 436 g/mol. The summed E-state index contributed by atoms with van der Waals surface area (Å²) in [5.74, 6) is -0.344. The van der Waals surface area contributed by atoms with E-state index in [0.29, 0.717) is 6.54 Å². The first kappa shape index (κ1) is 23.0. The fraction of sp³-hybridized carbons (Fsp3) is 0.273. The highest BCUT2D eigenvalue weighted by atomic mass is 35.5. The van der Waals surface area contributed by atoms with Crippen LogP contribution in [0.4, 0.5) is 0 Å². The van der Waals surface area contributed by atoms with E-state index in [-0.39, 0.29) is 21.4 Å². The van der Waals surface area contributed by atoms with E-state index in [1.165, 1.54) is 32.3 Å². The Morgan fingerprint density at radius 3 is 2.55 bits per heavy atom. The molecule has 3 rings (SSSR count). The van der Waals surface area contributed by atoms with Gasteiger partial charge >= 0.3 is 0 Å². The summed E-state index contributed by atoms with van der Waals surface area (Å²) < 4.78 is 27.7. The number of para-hydroxylation sites is 1. The lowest BCUT2D eigenvalue weighted by molar-refractivity contribution is 0.0953. The van der Waals surface area contributed by atoms with Crippen LogP contribution in [0.1, 0.15) is 28.0 Å². The maximum absolute atomic E-state index is 12.5. The van der Waals surface area contributed by atoms with Crippen molar-refractivity contribution < 1.29 is 13.2 Å². The number of rotatable bonds is 8. The number of hydrogen-bond donors (Lipinski definition) is 1. The molecule has 0 aliphatic carbocycles. The molecular formula is C22H25ClN4O3S. The molecule has 9 heteroatoms. The van der Waals surface area contributed by atoms with E-state index in [9.17, 15) is 13.2 Å². The number of benzene rings is 2. The third-order valence-electron chi connectivity index (χ3n) is 4.88. The lowest BCUT2D eigenvalue weighted by Crippen LogP contribution is -2.26. The van der Waals surface area contributed by atoms with Crippen LogP contribution in [0.3, 0.4) is 0 Å². The fourth-order valence-electron chi connectivity index (χ4n) is 3.08. The van der Waals surface area contributed by atoms with Gasteiger partial charge in [-0.25, -0.2) is 17.4 Å². The Morgan fingerprint density at radius 1 is 1.16 bits per heavy atom. The van der Waals surface area contributed by atoms with Crippen LogP contribution in [-0.2, 0) is 16.4 Å². The zero-order chi connectivity index (χ0) is 22.6. The molecule has 0 aliphatic heterocycles. The average Bonchev–Trinajstić information content (AvgIpc) is 3.12. The number of aryl methyl sites for hydroxylation is 2. The van der Waals surface area contributed by atoms with E-state index in [1.54, 1.807) is 0 Å². The number of nitrogens with zero attached hydrogens (tertiary/aromatic N) is 3. The van der Waals surface area contributed by atoms with Gasteiger partial charge in [-0.3, -0.25) is 4.79 Å². The second-order valence-electron chi connectivity index (χ2n) is 7.31. The minimum absolute atomic E-state index is 0.0798. The number of hydrogen-bond acceptors (Lipinski definition) is 4. The summed E-state index contributed by atoms with van der Waals surface area (Å²) in [5, 5.41) is 7.47. The van der Waals surface area contributed by atoms with Crippen LogP contribution in [0, 0.1) is 6.92 Å². The van der Waals surface area contributed by atoms with E-state index in [0.717, 1.165) is 34.1 Å². The lowest BCUT2D eigenvalue weighted by atomic mass is 10.1. The van der Waals surface area contributed by atoms with Gasteiger partial charge in [0, 0.05) is 32.4 Å². The van der Waals surface area contributed by atoms with Gasteiger partial charge in [0.1, 0.15) is 4.90 Å². The highest BCUT2D eigenvalue weighted by molar-refractivity contribution is 7.89. The van der Waals surface area contributed by atoms with E-state index >= 15 is 0 Å². The van der Waals surface area contributed by atoms with Crippen molar-refractivity contribution in [1.29, 1.82) is 0 Å². The molecule has 1 amide bonds. The molecule has 7 nitrogen and oxygen atoms in total. The monoisotopic (exact) mass is 460 g/mol. The Kier molecular flexibility index (Phi) is 7.15. The normalized spacial score (nSPS) is 11.6. The number of carbonyl (C=O) groups is 1. The second kappa shape index (κ2) is 9.64. The Hall–Kier alpha value is -2.68. The topological polar surface area (TPSA) is 84.3 Å².